The molecule has 1 fully saturated rings. The molecule has 0 radical (unpaired) electrons. The molecule has 19 heavy (non-hydrogen) atoms. The molecule has 0 saturated heterocycles. The lowest BCUT2D eigenvalue weighted by Gasteiger charge is -2.41. The average molecular weight is 281 g/mol. The van der Waals surface area contributed by atoms with Crippen molar-refractivity contribution < 1.29 is 8.42 Å². The molecule has 2 N–H and O–H groups in total. The topological polar surface area (TPSA) is 60.2 Å². The highest BCUT2D eigenvalue weighted by molar-refractivity contribution is 7.92. The fourth-order valence-corrected chi connectivity index (χ4v) is 5.12. The van der Waals surface area contributed by atoms with Crippen LogP contribution < -0.4 is 5.73 Å². The minimum absolute atomic E-state index is 0.111. The van der Waals surface area contributed by atoms with Crippen molar-refractivity contribution in [3.63, 3.8) is 0 Å². The van der Waals surface area contributed by atoms with Gasteiger partial charge in [0.2, 0.25) is 0 Å². The zero-order chi connectivity index (χ0) is 14.3. The molecule has 1 aliphatic rings. The van der Waals surface area contributed by atoms with Gasteiger partial charge in [0, 0.05) is 6.04 Å². The lowest BCUT2D eigenvalue weighted by molar-refractivity contribution is 0.204. The Hall–Kier alpha value is -0.870. The molecule has 0 amide bonds. The van der Waals surface area contributed by atoms with Crippen LogP contribution in [0.5, 0.6) is 0 Å². The third-order valence-electron chi connectivity index (χ3n) is 4.33. The van der Waals surface area contributed by atoms with E-state index in [2.05, 4.69) is 13.8 Å². The lowest BCUT2D eigenvalue weighted by Crippen LogP contribution is -2.52. The van der Waals surface area contributed by atoms with Crippen LogP contribution in [0.3, 0.4) is 0 Å². The van der Waals surface area contributed by atoms with Gasteiger partial charge in [-0.1, -0.05) is 32.4 Å². The van der Waals surface area contributed by atoms with Crippen molar-refractivity contribution in [3.05, 3.63) is 29.8 Å². The van der Waals surface area contributed by atoms with Crippen molar-refractivity contribution in [2.24, 2.45) is 11.1 Å². The molecule has 0 bridgehead atoms. The van der Waals surface area contributed by atoms with E-state index in [4.69, 9.17) is 5.73 Å². The highest BCUT2D eigenvalue weighted by atomic mass is 32.2. The molecule has 106 valence electrons. The standard InChI is InChI=1S/C15H23NO2S/c1-11-6-4-7-12(10-11)19(17,18)13-8-5-9-15(2,3)14(13)16/h4,6-7,10,13-14H,5,8-9,16H2,1-3H3. The van der Waals surface area contributed by atoms with Crippen molar-refractivity contribution in [1.29, 1.82) is 0 Å². The average Bonchev–Trinajstić information content (AvgIpc) is 2.32. The van der Waals surface area contributed by atoms with E-state index in [9.17, 15) is 8.42 Å². The van der Waals surface area contributed by atoms with Crippen LogP contribution in [0.1, 0.15) is 38.7 Å². The fourth-order valence-electron chi connectivity index (χ4n) is 2.92. The predicted molar refractivity (Wildman–Crippen MR) is 77.8 cm³/mol. The molecule has 1 aliphatic carbocycles. The minimum Gasteiger partial charge on any atom is -0.326 e. The molecule has 2 unspecified atom stereocenters. The Bertz CT molecular complexity index is 563. The van der Waals surface area contributed by atoms with Crippen LogP contribution >= 0.6 is 0 Å². The quantitative estimate of drug-likeness (QED) is 0.906. The summed E-state index contributed by atoms with van der Waals surface area (Å²) < 4.78 is 25.5. The summed E-state index contributed by atoms with van der Waals surface area (Å²) in [5, 5.41) is -0.460. The van der Waals surface area contributed by atoms with Crippen molar-refractivity contribution >= 4 is 9.84 Å². The van der Waals surface area contributed by atoms with Gasteiger partial charge in [-0.05, 0) is 42.9 Å². The molecular formula is C15H23NO2S. The number of hydrogen-bond acceptors (Lipinski definition) is 3. The number of benzene rings is 1. The number of sulfone groups is 1. The molecule has 1 saturated carbocycles. The lowest BCUT2D eigenvalue weighted by atomic mass is 9.73. The molecule has 4 heteroatoms. The van der Waals surface area contributed by atoms with E-state index < -0.39 is 15.1 Å². The van der Waals surface area contributed by atoms with Crippen molar-refractivity contribution in [2.75, 3.05) is 0 Å². The maximum atomic E-state index is 12.8. The minimum atomic E-state index is -3.33. The van der Waals surface area contributed by atoms with E-state index in [0.29, 0.717) is 11.3 Å². The van der Waals surface area contributed by atoms with Crippen LogP contribution in [0.2, 0.25) is 0 Å². The second kappa shape index (κ2) is 4.91. The summed E-state index contributed by atoms with van der Waals surface area (Å²) in [5.41, 5.74) is 7.09. The molecular weight excluding hydrogens is 258 g/mol. The van der Waals surface area contributed by atoms with Gasteiger partial charge in [0.15, 0.2) is 9.84 Å². The third-order valence-corrected chi connectivity index (χ3v) is 6.57. The predicted octanol–water partition coefficient (Wildman–Crippen LogP) is 2.67. The highest BCUT2D eigenvalue weighted by Crippen LogP contribution is 2.39. The van der Waals surface area contributed by atoms with E-state index in [1.54, 1.807) is 18.2 Å². The van der Waals surface area contributed by atoms with E-state index in [0.717, 1.165) is 18.4 Å². The number of hydrogen-bond donors (Lipinski definition) is 1. The summed E-state index contributed by atoms with van der Waals surface area (Å²) in [6.45, 7) is 6.04. The summed E-state index contributed by atoms with van der Waals surface area (Å²) in [6.07, 6.45) is 2.59. The Morgan fingerprint density at radius 1 is 1.32 bits per heavy atom. The summed E-state index contributed by atoms with van der Waals surface area (Å²) in [6, 6.07) is 6.82. The van der Waals surface area contributed by atoms with Gasteiger partial charge in [-0.2, -0.15) is 0 Å². The molecule has 1 aromatic carbocycles. The molecule has 1 aromatic rings. The third kappa shape index (κ3) is 2.70. The van der Waals surface area contributed by atoms with Crippen LogP contribution in [-0.4, -0.2) is 19.7 Å². The van der Waals surface area contributed by atoms with E-state index in [1.807, 2.05) is 13.0 Å². The second-order valence-corrected chi connectivity index (χ2v) is 8.47. The summed E-state index contributed by atoms with van der Waals surface area (Å²) in [5.74, 6) is 0. The molecule has 0 aromatic heterocycles. The van der Waals surface area contributed by atoms with Crippen LogP contribution in [0.15, 0.2) is 29.2 Å². The summed E-state index contributed by atoms with van der Waals surface area (Å²) in [4.78, 5) is 0.408. The monoisotopic (exact) mass is 281 g/mol. The van der Waals surface area contributed by atoms with Gasteiger partial charge >= 0.3 is 0 Å². The second-order valence-electron chi connectivity index (χ2n) is 6.31. The first kappa shape index (κ1) is 14.5. The Balaban J connectivity index is 2.40. The molecule has 3 nitrogen and oxygen atoms in total. The van der Waals surface area contributed by atoms with Gasteiger partial charge in [-0.25, -0.2) is 8.42 Å². The first-order valence-corrected chi connectivity index (χ1v) is 8.36. The number of aryl methyl sites for hydroxylation is 1. The van der Waals surface area contributed by atoms with Gasteiger partial charge in [-0.3, -0.25) is 0 Å². The zero-order valence-electron chi connectivity index (χ0n) is 11.9. The summed E-state index contributed by atoms with van der Waals surface area (Å²) in [7, 11) is -3.33. The molecule has 0 spiro atoms. The normalized spacial score (nSPS) is 27.2. The Morgan fingerprint density at radius 2 is 2.00 bits per heavy atom. The van der Waals surface area contributed by atoms with Crippen molar-refractivity contribution in [2.45, 2.75) is 56.2 Å². The number of rotatable bonds is 2. The van der Waals surface area contributed by atoms with Crippen LogP contribution in [0.4, 0.5) is 0 Å². The SMILES string of the molecule is Cc1cccc(S(=O)(=O)C2CCCC(C)(C)C2N)c1. The maximum absolute atomic E-state index is 12.8. The molecule has 0 aliphatic heterocycles. The van der Waals surface area contributed by atoms with Gasteiger partial charge < -0.3 is 5.73 Å². The largest absolute Gasteiger partial charge is 0.326 e. The summed E-state index contributed by atoms with van der Waals surface area (Å²) >= 11 is 0. The maximum Gasteiger partial charge on any atom is 0.182 e. The van der Waals surface area contributed by atoms with Crippen LogP contribution in [-0.2, 0) is 9.84 Å². The zero-order valence-corrected chi connectivity index (χ0v) is 12.7. The number of nitrogens with two attached hydrogens (primary N) is 1. The van der Waals surface area contributed by atoms with Gasteiger partial charge in [0.25, 0.3) is 0 Å². The van der Waals surface area contributed by atoms with Gasteiger partial charge in [0.1, 0.15) is 0 Å². The van der Waals surface area contributed by atoms with E-state index in [-0.39, 0.29) is 11.5 Å². The van der Waals surface area contributed by atoms with Crippen LogP contribution in [0, 0.1) is 12.3 Å². The van der Waals surface area contributed by atoms with E-state index >= 15 is 0 Å². The van der Waals surface area contributed by atoms with E-state index in [1.165, 1.54) is 0 Å². The molecule has 2 rings (SSSR count). The first-order chi connectivity index (χ1) is 8.75. The van der Waals surface area contributed by atoms with Gasteiger partial charge in [0.05, 0.1) is 10.1 Å². The fraction of sp³-hybridized carbons (Fsp3) is 0.600. The first-order valence-electron chi connectivity index (χ1n) is 6.81. The Kier molecular flexibility index (Phi) is 3.76. The highest BCUT2D eigenvalue weighted by Gasteiger charge is 2.43. The smallest absolute Gasteiger partial charge is 0.182 e. The Morgan fingerprint density at radius 3 is 2.63 bits per heavy atom. The van der Waals surface area contributed by atoms with Crippen LogP contribution in [0.25, 0.3) is 0 Å². The molecule has 2 atom stereocenters. The Labute approximate surface area is 116 Å². The van der Waals surface area contributed by atoms with Crippen molar-refractivity contribution in [1.82, 2.24) is 0 Å². The van der Waals surface area contributed by atoms with Gasteiger partial charge in [-0.15, -0.1) is 0 Å². The van der Waals surface area contributed by atoms with Crippen molar-refractivity contribution in [3.8, 4) is 0 Å². The molecule has 0 heterocycles.